The van der Waals surface area contributed by atoms with E-state index in [0.717, 1.165) is 58.4 Å². The van der Waals surface area contributed by atoms with Gasteiger partial charge in [-0.1, -0.05) is 19.4 Å². The van der Waals surface area contributed by atoms with Crippen molar-refractivity contribution < 1.29 is 9.53 Å². The molecule has 0 spiro atoms. The minimum atomic E-state index is -0.200. The van der Waals surface area contributed by atoms with Crippen LogP contribution in [0.3, 0.4) is 0 Å². The highest BCUT2D eigenvalue weighted by atomic mass is 16.5. The standard InChI is InChI=1S/C32H45N5O2/c1-7-8-14-37(20-25-10-11-25)15-13-33-28-12-9-22(2)30(19-28)32(38)34-23(3)26-16-27(18-29(17-26)39-6)31-21-36(5)35-24(31)4/h9,12,16-19,21,23,25,33H,7-8,10-11,13-15,20H2,1-6H3,(H,34,38). The SMILES string of the molecule is CCCCN(CCNc1ccc(C)c(C(=O)NC(C)c2cc(OC)cc(-c3cn(C)nc3C)c2)c1)CC1CC1. The number of methoxy groups -OCH3 is 1. The molecule has 2 aromatic carbocycles. The Morgan fingerprint density at radius 3 is 2.64 bits per heavy atom. The molecule has 1 saturated carbocycles. The number of aromatic nitrogens is 2. The van der Waals surface area contributed by atoms with E-state index in [4.69, 9.17) is 4.74 Å². The summed E-state index contributed by atoms with van der Waals surface area (Å²) in [5.41, 5.74) is 6.64. The van der Waals surface area contributed by atoms with Gasteiger partial charge in [0.15, 0.2) is 0 Å². The Kier molecular flexibility index (Phi) is 9.68. The second-order valence-electron chi connectivity index (χ2n) is 11.0. The summed E-state index contributed by atoms with van der Waals surface area (Å²) < 4.78 is 7.40. The number of amides is 1. The Hall–Kier alpha value is -3.32. The van der Waals surface area contributed by atoms with Gasteiger partial charge in [0.05, 0.1) is 18.8 Å². The first-order valence-electron chi connectivity index (χ1n) is 14.3. The molecule has 4 rings (SSSR count). The van der Waals surface area contributed by atoms with E-state index in [1.165, 1.54) is 38.8 Å². The minimum absolute atomic E-state index is 0.0797. The van der Waals surface area contributed by atoms with E-state index in [1.54, 1.807) is 7.11 Å². The van der Waals surface area contributed by atoms with Gasteiger partial charge in [-0.15, -0.1) is 0 Å². The van der Waals surface area contributed by atoms with Crippen LogP contribution in [0.5, 0.6) is 5.75 Å². The Balaban J connectivity index is 1.42. The molecule has 1 amide bonds. The van der Waals surface area contributed by atoms with Gasteiger partial charge in [0.25, 0.3) is 5.91 Å². The fourth-order valence-electron chi connectivity index (χ4n) is 5.06. The number of unbranched alkanes of at least 4 members (excludes halogenated alkanes) is 1. The highest BCUT2D eigenvalue weighted by molar-refractivity contribution is 5.96. The number of benzene rings is 2. The smallest absolute Gasteiger partial charge is 0.252 e. The van der Waals surface area contributed by atoms with Gasteiger partial charge < -0.3 is 20.3 Å². The molecule has 1 atom stereocenters. The van der Waals surface area contributed by atoms with Gasteiger partial charge in [-0.25, -0.2) is 0 Å². The molecule has 0 saturated heterocycles. The molecule has 210 valence electrons. The van der Waals surface area contributed by atoms with E-state index < -0.39 is 0 Å². The van der Waals surface area contributed by atoms with Crippen molar-refractivity contribution in [3.8, 4) is 16.9 Å². The van der Waals surface area contributed by atoms with Crippen LogP contribution < -0.4 is 15.4 Å². The summed E-state index contributed by atoms with van der Waals surface area (Å²) in [7, 11) is 3.58. The average Bonchev–Trinajstić information content (AvgIpc) is 3.67. The van der Waals surface area contributed by atoms with Crippen LogP contribution in [0.2, 0.25) is 0 Å². The third-order valence-electron chi connectivity index (χ3n) is 7.62. The summed E-state index contributed by atoms with van der Waals surface area (Å²) >= 11 is 0. The van der Waals surface area contributed by atoms with E-state index >= 15 is 0 Å². The maximum Gasteiger partial charge on any atom is 0.252 e. The first-order chi connectivity index (χ1) is 18.8. The summed E-state index contributed by atoms with van der Waals surface area (Å²) in [5.74, 6) is 1.57. The second-order valence-corrected chi connectivity index (χ2v) is 11.0. The molecule has 2 N–H and O–H groups in total. The Labute approximate surface area is 233 Å². The second kappa shape index (κ2) is 13.2. The first kappa shape index (κ1) is 28.7. The van der Waals surface area contributed by atoms with Crippen LogP contribution in [-0.2, 0) is 7.05 Å². The third kappa shape index (κ3) is 7.85. The molecule has 1 aliphatic rings. The molecule has 1 fully saturated rings. The van der Waals surface area contributed by atoms with Crippen molar-refractivity contribution in [3.63, 3.8) is 0 Å². The van der Waals surface area contributed by atoms with E-state index in [2.05, 4.69) is 39.7 Å². The Bertz CT molecular complexity index is 1260. The van der Waals surface area contributed by atoms with Crippen LogP contribution in [0.15, 0.2) is 42.6 Å². The number of aryl methyl sites for hydroxylation is 3. The van der Waals surface area contributed by atoms with Crippen LogP contribution in [0.1, 0.15) is 72.8 Å². The lowest BCUT2D eigenvalue weighted by atomic mass is 9.99. The third-order valence-corrected chi connectivity index (χ3v) is 7.62. The van der Waals surface area contributed by atoms with Gasteiger partial charge in [-0.2, -0.15) is 5.10 Å². The predicted molar refractivity (Wildman–Crippen MR) is 160 cm³/mol. The quantitative estimate of drug-likeness (QED) is 0.262. The van der Waals surface area contributed by atoms with Crippen molar-refractivity contribution >= 4 is 11.6 Å². The predicted octanol–water partition coefficient (Wildman–Crippen LogP) is 6.13. The van der Waals surface area contributed by atoms with Gasteiger partial charge >= 0.3 is 0 Å². The molecular weight excluding hydrogens is 486 g/mol. The number of hydrogen-bond donors (Lipinski definition) is 2. The highest BCUT2D eigenvalue weighted by Crippen LogP contribution is 2.31. The topological polar surface area (TPSA) is 71.4 Å². The fraction of sp³-hybridized carbons (Fsp3) is 0.500. The first-order valence-corrected chi connectivity index (χ1v) is 14.3. The molecule has 1 heterocycles. The number of nitrogens with one attached hydrogen (secondary N) is 2. The molecular formula is C32H45N5O2. The molecule has 0 radical (unpaired) electrons. The van der Waals surface area contributed by atoms with E-state index in [9.17, 15) is 4.79 Å². The summed E-state index contributed by atoms with van der Waals surface area (Å²) in [6, 6.07) is 12.0. The van der Waals surface area contributed by atoms with Gasteiger partial charge in [-0.3, -0.25) is 9.48 Å². The molecule has 7 nitrogen and oxygen atoms in total. The lowest BCUT2D eigenvalue weighted by molar-refractivity contribution is 0.0939. The molecule has 3 aromatic rings. The Morgan fingerprint density at radius 2 is 1.97 bits per heavy atom. The molecule has 0 aliphatic heterocycles. The Morgan fingerprint density at radius 1 is 1.18 bits per heavy atom. The largest absolute Gasteiger partial charge is 0.497 e. The molecule has 7 heteroatoms. The number of hydrogen-bond acceptors (Lipinski definition) is 5. The number of carbonyl (C=O) groups excluding carboxylic acids is 1. The molecule has 1 aliphatic carbocycles. The van der Waals surface area contributed by atoms with Crippen LogP contribution >= 0.6 is 0 Å². The minimum Gasteiger partial charge on any atom is -0.497 e. The number of rotatable bonds is 14. The number of anilines is 1. The molecule has 1 unspecified atom stereocenters. The van der Waals surface area contributed by atoms with Crippen LogP contribution in [0.25, 0.3) is 11.1 Å². The maximum absolute atomic E-state index is 13.4. The van der Waals surface area contributed by atoms with Crippen molar-refractivity contribution in [2.24, 2.45) is 13.0 Å². The maximum atomic E-state index is 13.4. The van der Waals surface area contributed by atoms with Crippen molar-refractivity contribution in [3.05, 3.63) is 65.0 Å². The van der Waals surface area contributed by atoms with Gasteiger partial charge in [-0.05, 0) is 99.5 Å². The van der Waals surface area contributed by atoms with E-state index in [1.807, 2.05) is 63.0 Å². The zero-order valence-corrected chi connectivity index (χ0v) is 24.5. The molecule has 0 bridgehead atoms. The zero-order valence-electron chi connectivity index (χ0n) is 24.5. The summed E-state index contributed by atoms with van der Waals surface area (Å²) in [6.45, 7) is 12.5. The highest BCUT2D eigenvalue weighted by Gasteiger charge is 2.24. The number of ether oxygens (including phenoxy) is 1. The lowest BCUT2D eigenvalue weighted by Gasteiger charge is -2.22. The van der Waals surface area contributed by atoms with Crippen molar-refractivity contribution in [1.82, 2.24) is 20.0 Å². The molecule has 1 aromatic heterocycles. The van der Waals surface area contributed by atoms with Gasteiger partial charge in [0.2, 0.25) is 0 Å². The van der Waals surface area contributed by atoms with Gasteiger partial charge in [0.1, 0.15) is 5.75 Å². The monoisotopic (exact) mass is 531 g/mol. The normalized spacial score (nSPS) is 13.9. The fourth-order valence-corrected chi connectivity index (χ4v) is 5.06. The van der Waals surface area contributed by atoms with Gasteiger partial charge in [0, 0.05) is 49.7 Å². The lowest BCUT2D eigenvalue weighted by Crippen LogP contribution is -2.32. The van der Waals surface area contributed by atoms with Crippen molar-refractivity contribution in [1.29, 1.82) is 0 Å². The van der Waals surface area contributed by atoms with Crippen molar-refractivity contribution in [2.75, 3.05) is 38.6 Å². The number of nitrogens with zero attached hydrogens (tertiary/aromatic N) is 3. The molecule has 39 heavy (non-hydrogen) atoms. The van der Waals surface area contributed by atoms with E-state index in [-0.39, 0.29) is 11.9 Å². The van der Waals surface area contributed by atoms with Crippen molar-refractivity contribution in [2.45, 2.75) is 59.4 Å². The van der Waals surface area contributed by atoms with Crippen LogP contribution in [0.4, 0.5) is 5.69 Å². The summed E-state index contributed by atoms with van der Waals surface area (Å²) in [4.78, 5) is 16.0. The zero-order chi connectivity index (χ0) is 27.9. The van der Waals surface area contributed by atoms with E-state index in [0.29, 0.717) is 5.56 Å². The summed E-state index contributed by atoms with van der Waals surface area (Å²) in [6.07, 6.45) is 7.24. The number of carbonyl (C=O) groups is 1. The summed E-state index contributed by atoms with van der Waals surface area (Å²) in [5, 5.41) is 11.2. The average molecular weight is 532 g/mol. The van der Waals surface area contributed by atoms with Crippen LogP contribution in [-0.4, -0.2) is 53.9 Å². The van der Waals surface area contributed by atoms with Crippen LogP contribution in [0, 0.1) is 19.8 Å².